The molecule has 0 spiro atoms. The van der Waals surface area contributed by atoms with E-state index in [1.807, 2.05) is 44.2 Å². The number of benzene rings is 1. The molecule has 0 amide bonds. The summed E-state index contributed by atoms with van der Waals surface area (Å²) >= 11 is 12.8. The number of rotatable bonds is 9. The Morgan fingerprint density at radius 1 is 1.21 bits per heavy atom. The molecule has 19 heavy (non-hydrogen) atoms. The first-order valence-corrected chi connectivity index (χ1v) is 10.6. The zero-order chi connectivity index (χ0) is 14.1. The van der Waals surface area contributed by atoms with Crippen LogP contribution >= 0.6 is 28.7 Å². The van der Waals surface area contributed by atoms with Crippen molar-refractivity contribution in [3.63, 3.8) is 0 Å². The first kappa shape index (κ1) is 17.3. The normalized spacial score (nSPS) is 13.2. The SMILES string of the molecule is CCOP(=S)(OCC)SC(CCl)Oc1ccccc1. The molecule has 0 saturated heterocycles. The van der Waals surface area contributed by atoms with Gasteiger partial charge in [-0.05, 0) is 49.2 Å². The molecule has 108 valence electrons. The standard InChI is InChI=1S/C12H18ClO3PS2/c1-3-14-17(18,15-4-2)19-12(10-13)16-11-8-6-5-7-9-11/h5-9,12H,3-4,10H2,1-2H3. The molecule has 0 heterocycles. The number of halogens is 1. The van der Waals surface area contributed by atoms with E-state index in [4.69, 9.17) is 37.2 Å². The fourth-order valence-electron chi connectivity index (χ4n) is 1.29. The Labute approximate surface area is 128 Å². The van der Waals surface area contributed by atoms with Crippen molar-refractivity contribution in [3.8, 4) is 5.75 Å². The Morgan fingerprint density at radius 2 is 1.79 bits per heavy atom. The Kier molecular flexibility index (Phi) is 8.38. The topological polar surface area (TPSA) is 27.7 Å². The third kappa shape index (κ3) is 6.48. The Bertz CT molecular complexity index is 395. The first-order valence-electron chi connectivity index (χ1n) is 5.98. The molecule has 1 aromatic carbocycles. The van der Waals surface area contributed by atoms with E-state index in [1.165, 1.54) is 11.4 Å². The van der Waals surface area contributed by atoms with Crippen molar-refractivity contribution in [3.05, 3.63) is 30.3 Å². The van der Waals surface area contributed by atoms with Crippen LogP contribution in [0.2, 0.25) is 0 Å². The average Bonchev–Trinajstić information content (AvgIpc) is 2.39. The minimum atomic E-state index is -2.39. The van der Waals surface area contributed by atoms with Crippen molar-refractivity contribution < 1.29 is 13.8 Å². The van der Waals surface area contributed by atoms with Gasteiger partial charge in [0.05, 0.1) is 19.1 Å². The monoisotopic (exact) mass is 340 g/mol. The molecule has 0 fully saturated rings. The van der Waals surface area contributed by atoms with Crippen LogP contribution < -0.4 is 4.74 Å². The first-order chi connectivity index (χ1) is 9.13. The highest BCUT2D eigenvalue weighted by Crippen LogP contribution is 2.62. The number of hydrogen-bond acceptors (Lipinski definition) is 5. The molecule has 0 aliphatic heterocycles. The number of hydrogen-bond donors (Lipinski definition) is 0. The molecule has 1 atom stereocenters. The molecule has 0 radical (unpaired) electrons. The lowest BCUT2D eigenvalue weighted by Crippen LogP contribution is -2.14. The maximum Gasteiger partial charge on any atom is 0.250 e. The summed E-state index contributed by atoms with van der Waals surface area (Å²) in [7, 11) is 0. The largest absolute Gasteiger partial charge is 0.478 e. The highest BCUT2D eigenvalue weighted by atomic mass is 35.5. The van der Waals surface area contributed by atoms with Gasteiger partial charge in [-0.3, -0.25) is 0 Å². The number of ether oxygens (including phenoxy) is 1. The van der Waals surface area contributed by atoms with Gasteiger partial charge in [-0.2, -0.15) is 0 Å². The van der Waals surface area contributed by atoms with Gasteiger partial charge >= 0.3 is 0 Å². The second-order valence-electron chi connectivity index (χ2n) is 3.40. The van der Waals surface area contributed by atoms with Crippen molar-refractivity contribution in [2.75, 3.05) is 19.1 Å². The van der Waals surface area contributed by atoms with Gasteiger partial charge in [0.1, 0.15) is 5.75 Å². The maximum absolute atomic E-state index is 5.94. The van der Waals surface area contributed by atoms with Gasteiger partial charge < -0.3 is 13.8 Å². The molecule has 0 aliphatic rings. The molecule has 0 aliphatic carbocycles. The summed E-state index contributed by atoms with van der Waals surface area (Å²) in [6, 6.07) is 9.51. The molecule has 1 aromatic rings. The van der Waals surface area contributed by atoms with Gasteiger partial charge in [0, 0.05) is 0 Å². The molecule has 0 N–H and O–H groups in total. The molecular formula is C12H18ClO3PS2. The smallest absolute Gasteiger partial charge is 0.250 e. The van der Waals surface area contributed by atoms with Crippen LogP contribution in [0.5, 0.6) is 5.75 Å². The second-order valence-corrected chi connectivity index (χ2v) is 10.1. The summed E-state index contributed by atoms with van der Waals surface area (Å²) < 4.78 is 16.9. The lowest BCUT2D eigenvalue weighted by Gasteiger charge is -2.24. The predicted molar refractivity (Wildman–Crippen MR) is 86.7 cm³/mol. The number of para-hydroxylation sites is 1. The van der Waals surface area contributed by atoms with Gasteiger partial charge in [-0.25, -0.2) is 0 Å². The lowest BCUT2D eigenvalue weighted by atomic mass is 10.3. The summed E-state index contributed by atoms with van der Waals surface area (Å²) in [4.78, 5) is 0. The van der Waals surface area contributed by atoms with Gasteiger partial charge in [-0.1, -0.05) is 18.2 Å². The van der Waals surface area contributed by atoms with E-state index in [0.717, 1.165) is 5.75 Å². The predicted octanol–water partition coefficient (Wildman–Crippen LogP) is 4.66. The summed E-state index contributed by atoms with van der Waals surface area (Å²) in [5.41, 5.74) is -2.67. The minimum Gasteiger partial charge on any atom is -0.478 e. The molecule has 7 heteroatoms. The molecule has 1 rings (SSSR count). The molecule has 3 nitrogen and oxygen atoms in total. The summed E-state index contributed by atoms with van der Waals surface area (Å²) in [5, 5.41) is 0. The minimum absolute atomic E-state index is 0.284. The van der Waals surface area contributed by atoms with E-state index in [0.29, 0.717) is 19.1 Å². The quantitative estimate of drug-likeness (QED) is 0.370. The second kappa shape index (κ2) is 9.22. The summed E-state index contributed by atoms with van der Waals surface area (Å²) in [6.07, 6.45) is 0. The van der Waals surface area contributed by atoms with Crippen LogP contribution in [-0.4, -0.2) is 24.5 Å². The van der Waals surface area contributed by atoms with Crippen molar-refractivity contribution >= 4 is 40.5 Å². The van der Waals surface area contributed by atoms with Crippen molar-refractivity contribution in [1.29, 1.82) is 0 Å². The summed E-state index contributed by atoms with van der Waals surface area (Å²) in [6.45, 7) is 4.83. The van der Waals surface area contributed by atoms with Gasteiger partial charge in [-0.15, -0.1) is 11.6 Å². The van der Waals surface area contributed by atoms with Gasteiger partial charge in [0.2, 0.25) is 0 Å². The van der Waals surface area contributed by atoms with Crippen LogP contribution in [0.15, 0.2) is 30.3 Å². The maximum atomic E-state index is 5.94. The van der Waals surface area contributed by atoms with E-state index in [1.54, 1.807) is 0 Å². The van der Waals surface area contributed by atoms with Crippen molar-refractivity contribution in [2.45, 2.75) is 19.3 Å². The van der Waals surface area contributed by atoms with Crippen LogP contribution in [0, 0.1) is 0 Å². The Balaban J connectivity index is 2.66. The Hall–Kier alpha value is 0.230. The van der Waals surface area contributed by atoms with E-state index in [2.05, 4.69) is 0 Å². The Morgan fingerprint density at radius 3 is 2.26 bits per heavy atom. The van der Waals surface area contributed by atoms with Crippen LogP contribution in [-0.2, 0) is 20.9 Å². The third-order valence-electron chi connectivity index (χ3n) is 1.96. The average molecular weight is 341 g/mol. The fraction of sp³-hybridized carbons (Fsp3) is 0.500. The van der Waals surface area contributed by atoms with E-state index in [9.17, 15) is 0 Å². The highest BCUT2D eigenvalue weighted by Gasteiger charge is 2.26. The van der Waals surface area contributed by atoms with E-state index >= 15 is 0 Å². The molecular weight excluding hydrogens is 323 g/mol. The van der Waals surface area contributed by atoms with Crippen LogP contribution in [0.3, 0.4) is 0 Å². The molecule has 0 saturated carbocycles. The van der Waals surface area contributed by atoms with E-state index in [-0.39, 0.29) is 5.44 Å². The third-order valence-corrected chi connectivity index (χ3v) is 7.85. The molecule has 1 unspecified atom stereocenters. The number of alkyl halides is 1. The van der Waals surface area contributed by atoms with E-state index < -0.39 is 5.69 Å². The van der Waals surface area contributed by atoms with Crippen molar-refractivity contribution in [2.24, 2.45) is 0 Å². The lowest BCUT2D eigenvalue weighted by molar-refractivity contribution is 0.277. The van der Waals surface area contributed by atoms with Crippen LogP contribution in [0.25, 0.3) is 0 Å². The highest BCUT2D eigenvalue weighted by molar-refractivity contribution is 8.68. The zero-order valence-corrected chi connectivity index (χ0v) is 14.2. The molecule has 0 bridgehead atoms. The zero-order valence-electron chi connectivity index (χ0n) is 11.0. The van der Waals surface area contributed by atoms with Gasteiger partial charge in [0.15, 0.2) is 5.44 Å². The fourth-order valence-corrected chi connectivity index (χ4v) is 6.84. The molecule has 0 aromatic heterocycles. The van der Waals surface area contributed by atoms with Crippen LogP contribution in [0.4, 0.5) is 0 Å². The van der Waals surface area contributed by atoms with Crippen LogP contribution in [0.1, 0.15) is 13.8 Å². The van der Waals surface area contributed by atoms with Crippen molar-refractivity contribution in [1.82, 2.24) is 0 Å². The summed E-state index contributed by atoms with van der Waals surface area (Å²) in [5.74, 6) is 1.08. The van der Waals surface area contributed by atoms with Gasteiger partial charge in [0.25, 0.3) is 5.69 Å².